The molecule has 2 fully saturated rings. The molecule has 0 unspecified atom stereocenters. The normalized spacial score (nSPS) is 23.1. The van der Waals surface area contributed by atoms with Gasteiger partial charge in [0.15, 0.2) is 0 Å². The molecule has 1 aromatic rings. The van der Waals surface area contributed by atoms with Gasteiger partial charge in [0.05, 0.1) is 23.1 Å². The summed E-state index contributed by atoms with van der Waals surface area (Å²) >= 11 is 0. The van der Waals surface area contributed by atoms with Gasteiger partial charge in [-0.2, -0.15) is 0 Å². The van der Waals surface area contributed by atoms with E-state index in [0.29, 0.717) is 5.69 Å². The number of amides is 2. The Morgan fingerprint density at radius 2 is 1.68 bits per heavy atom. The summed E-state index contributed by atoms with van der Waals surface area (Å²) in [4.78, 5) is 38.2. The van der Waals surface area contributed by atoms with Gasteiger partial charge in [-0.25, -0.2) is 4.90 Å². The maximum atomic E-state index is 12.6. The van der Waals surface area contributed by atoms with Gasteiger partial charge in [0, 0.05) is 12.1 Å². The Hall–Kier alpha value is -2.28. The lowest BCUT2D eigenvalue weighted by Crippen LogP contribution is -2.44. The Morgan fingerprint density at radius 1 is 1.05 bits per heavy atom. The van der Waals surface area contributed by atoms with Gasteiger partial charge in [0.25, 0.3) is 11.6 Å². The zero-order valence-electron chi connectivity index (χ0n) is 12.1. The second kappa shape index (κ2) is 5.84. The zero-order chi connectivity index (χ0) is 15.7. The first kappa shape index (κ1) is 14.6. The summed E-state index contributed by atoms with van der Waals surface area (Å²) in [5.41, 5.74) is 0.343. The van der Waals surface area contributed by atoms with Crippen LogP contribution >= 0.6 is 0 Å². The molecule has 0 saturated carbocycles. The number of carbonyl (C=O) groups excluding carboxylic acids is 2. The fourth-order valence-electron chi connectivity index (χ4n) is 3.13. The monoisotopic (exact) mass is 303 g/mol. The molecule has 116 valence electrons. The summed E-state index contributed by atoms with van der Waals surface area (Å²) in [6.45, 7) is 1.69. The second-order valence-electron chi connectivity index (χ2n) is 5.66. The van der Waals surface area contributed by atoms with Crippen LogP contribution in [0.4, 0.5) is 11.4 Å². The Kier molecular flexibility index (Phi) is 3.89. The molecule has 0 bridgehead atoms. The van der Waals surface area contributed by atoms with Gasteiger partial charge in [-0.1, -0.05) is 6.42 Å². The molecule has 7 nitrogen and oxygen atoms in total. The highest BCUT2D eigenvalue weighted by atomic mass is 16.6. The van der Waals surface area contributed by atoms with E-state index < -0.39 is 4.92 Å². The van der Waals surface area contributed by atoms with Crippen molar-refractivity contribution in [3.05, 3.63) is 34.4 Å². The Balaban J connectivity index is 1.80. The van der Waals surface area contributed by atoms with Crippen LogP contribution in [0.2, 0.25) is 0 Å². The van der Waals surface area contributed by atoms with Crippen molar-refractivity contribution in [2.24, 2.45) is 0 Å². The van der Waals surface area contributed by atoms with Crippen LogP contribution in [0.1, 0.15) is 25.7 Å². The highest BCUT2D eigenvalue weighted by molar-refractivity contribution is 6.22. The van der Waals surface area contributed by atoms with Crippen LogP contribution in [0.5, 0.6) is 0 Å². The molecule has 3 rings (SSSR count). The van der Waals surface area contributed by atoms with Crippen molar-refractivity contribution in [2.45, 2.75) is 31.7 Å². The van der Waals surface area contributed by atoms with Crippen LogP contribution in [-0.4, -0.2) is 40.8 Å². The van der Waals surface area contributed by atoms with Gasteiger partial charge in [-0.05, 0) is 38.1 Å². The maximum Gasteiger partial charge on any atom is 0.269 e. The summed E-state index contributed by atoms with van der Waals surface area (Å²) in [7, 11) is 0. The minimum absolute atomic E-state index is 0.0598. The molecule has 7 heteroatoms. The standard InChI is InChI=1S/C15H17N3O4/c19-14-10-13(16-8-2-1-3-9-16)15(20)17(14)11-4-6-12(7-5-11)18(21)22/h4-7,13H,1-3,8-10H2/t13-/m0/s1. The fourth-order valence-corrected chi connectivity index (χ4v) is 3.13. The number of non-ortho nitro benzene ring substituents is 1. The number of nitro benzene ring substituents is 1. The minimum atomic E-state index is -0.506. The number of benzene rings is 1. The topological polar surface area (TPSA) is 83.8 Å². The van der Waals surface area contributed by atoms with Gasteiger partial charge in [-0.15, -0.1) is 0 Å². The Bertz CT molecular complexity index is 608. The number of rotatable bonds is 3. The van der Waals surface area contributed by atoms with Crippen molar-refractivity contribution in [1.82, 2.24) is 4.90 Å². The van der Waals surface area contributed by atoms with Crippen molar-refractivity contribution < 1.29 is 14.5 Å². The molecule has 2 heterocycles. The molecule has 2 aliphatic rings. The third-order valence-electron chi connectivity index (χ3n) is 4.27. The molecule has 0 radical (unpaired) electrons. The largest absolute Gasteiger partial charge is 0.292 e. The van der Waals surface area contributed by atoms with Gasteiger partial charge in [0.2, 0.25) is 5.91 Å². The first-order valence-corrected chi connectivity index (χ1v) is 7.43. The molecule has 2 aliphatic heterocycles. The van der Waals surface area contributed by atoms with E-state index in [1.54, 1.807) is 0 Å². The fraction of sp³-hybridized carbons (Fsp3) is 0.467. The third-order valence-corrected chi connectivity index (χ3v) is 4.27. The highest BCUT2D eigenvalue weighted by Gasteiger charge is 2.42. The van der Waals surface area contributed by atoms with Gasteiger partial charge in [0.1, 0.15) is 0 Å². The summed E-state index contributed by atoms with van der Waals surface area (Å²) in [6, 6.07) is 5.13. The van der Waals surface area contributed by atoms with E-state index in [1.165, 1.54) is 24.3 Å². The molecular formula is C15H17N3O4. The highest BCUT2D eigenvalue weighted by Crippen LogP contribution is 2.28. The number of nitrogens with zero attached hydrogens (tertiary/aromatic N) is 3. The van der Waals surface area contributed by atoms with E-state index in [4.69, 9.17) is 0 Å². The number of carbonyl (C=O) groups is 2. The number of hydrogen-bond donors (Lipinski definition) is 0. The lowest BCUT2D eigenvalue weighted by molar-refractivity contribution is -0.384. The van der Waals surface area contributed by atoms with E-state index in [2.05, 4.69) is 4.90 Å². The van der Waals surface area contributed by atoms with Crippen LogP contribution in [0.25, 0.3) is 0 Å². The van der Waals surface area contributed by atoms with Crippen molar-refractivity contribution in [1.29, 1.82) is 0 Å². The van der Waals surface area contributed by atoms with Crippen molar-refractivity contribution in [3.8, 4) is 0 Å². The summed E-state index contributed by atoms with van der Waals surface area (Å²) in [6.07, 6.45) is 3.46. The van der Waals surface area contributed by atoms with E-state index in [0.717, 1.165) is 37.3 Å². The first-order chi connectivity index (χ1) is 10.6. The SMILES string of the molecule is O=C1C[C@H](N2CCCCC2)C(=O)N1c1ccc([N+](=O)[O-])cc1. The quantitative estimate of drug-likeness (QED) is 0.482. The molecule has 2 amide bonds. The van der Waals surface area contributed by atoms with E-state index in [9.17, 15) is 19.7 Å². The van der Waals surface area contributed by atoms with Crippen molar-refractivity contribution in [3.63, 3.8) is 0 Å². The number of anilines is 1. The predicted octanol–water partition coefficient (Wildman–Crippen LogP) is 1.71. The molecule has 22 heavy (non-hydrogen) atoms. The van der Waals surface area contributed by atoms with Crippen LogP contribution < -0.4 is 4.90 Å². The summed E-state index contributed by atoms with van der Waals surface area (Å²) < 4.78 is 0. The molecule has 1 atom stereocenters. The molecule has 0 spiro atoms. The summed E-state index contributed by atoms with van der Waals surface area (Å²) in [5, 5.41) is 10.7. The zero-order valence-corrected chi connectivity index (χ0v) is 12.1. The minimum Gasteiger partial charge on any atom is -0.292 e. The molecule has 2 saturated heterocycles. The number of imide groups is 1. The Labute approximate surface area is 127 Å². The Morgan fingerprint density at radius 3 is 2.27 bits per heavy atom. The second-order valence-corrected chi connectivity index (χ2v) is 5.66. The van der Waals surface area contributed by atoms with E-state index in [-0.39, 0.29) is 30.0 Å². The number of hydrogen-bond acceptors (Lipinski definition) is 5. The predicted molar refractivity (Wildman–Crippen MR) is 79.4 cm³/mol. The first-order valence-electron chi connectivity index (χ1n) is 7.43. The van der Waals surface area contributed by atoms with Gasteiger partial charge < -0.3 is 0 Å². The number of nitro groups is 1. The average molecular weight is 303 g/mol. The molecule has 0 N–H and O–H groups in total. The lowest BCUT2D eigenvalue weighted by Gasteiger charge is -2.30. The number of likely N-dealkylation sites (tertiary alicyclic amines) is 1. The van der Waals surface area contributed by atoms with Crippen molar-refractivity contribution >= 4 is 23.2 Å². The summed E-state index contributed by atoms with van der Waals surface area (Å²) in [5.74, 6) is -0.463. The van der Waals surface area contributed by atoms with Crippen LogP contribution in [0.3, 0.4) is 0 Å². The molecular weight excluding hydrogens is 286 g/mol. The van der Waals surface area contributed by atoms with Crippen molar-refractivity contribution in [2.75, 3.05) is 18.0 Å². The molecule has 0 aliphatic carbocycles. The van der Waals surface area contributed by atoms with E-state index >= 15 is 0 Å². The maximum absolute atomic E-state index is 12.6. The third kappa shape index (κ3) is 2.59. The lowest BCUT2D eigenvalue weighted by atomic mass is 10.1. The number of piperidine rings is 1. The molecule has 0 aromatic heterocycles. The van der Waals surface area contributed by atoms with Crippen LogP contribution in [0, 0.1) is 10.1 Å². The van der Waals surface area contributed by atoms with E-state index in [1.807, 2.05) is 0 Å². The smallest absolute Gasteiger partial charge is 0.269 e. The van der Waals surface area contributed by atoms with Gasteiger partial charge in [-0.3, -0.25) is 24.6 Å². The molecule has 1 aromatic carbocycles. The van der Waals surface area contributed by atoms with Crippen LogP contribution in [0.15, 0.2) is 24.3 Å². The van der Waals surface area contributed by atoms with Crippen LogP contribution in [-0.2, 0) is 9.59 Å². The van der Waals surface area contributed by atoms with Gasteiger partial charge >= 0.3 is 0 Å². The average Bonchev–Trinajstić information content (AvgIpc) is 2.83.